The number of ether oxygens (including phenoxy) is 1. The number of hydrogen-bond donors (Lipinski definition) is 2. The van der Waals surface area contributed by atoms with Crippen molar-refractivity contribution in [3.63, 3.8) is 0 Å². The van der Waals surface area contributed by atoms with E-state index in [-0.39, 0.29) is 5.95 Å². The molecule has 0 spiro atoms. The molecule has 10 heteroatoms. The van der Waals surface area contributed by atoms with E-state index < -0.39 is 0 Å². The number of nitriles is 1. The number of thiazole rings is 1. The van der Waals surface area contributed by atoms with Crippen molar-refractivity contribution in [2.45, 2.75) is 6.54 Å². The highest BCUT2D eigenvalue weighted by Gasteiger charge is 2.21. The maximum Gasteiger partial charge on any atom is 0.222 e. The minimum atomic E-state index is 0.130. The molecular formula is C20H16N8OS. The summed E-state index contributed by atoms with van der Waals surface area (Å²) in [5.41, 5.74) is 15.6. The van der Waals surface area contributed by atoms with Crippen LogP contribution >= 0.6 is 11.3 Å². The van der Waals surface area contributed by atoms with Gasteiger partial charge in [-0.25, -0.2) is 15.0 Å². The fourth-order valence-electron chi connectivity index (χ4n) is 3.46. The van der Waals surface area contributed by atoms with Gasteiger partial charge >= 0.3 is 0 Å². The number of hydrogen-bond acceptors (Lipinski definition) is 10. The van der Waals surface area contributed by atoms with Crippen molar-refractivity contribution in [3.8, 4) is 22.9 Å². The van der Waals surface area contributed by atoms with Gasteiger partial charge in [-0.1, -0.05) is 17.4 Å². The van der Waals surface area contributed by atoms with E-state index in [9.17, 15) is 5.26 Å². The smallest absolute Gasteiger partial charge is 0.222 e. The standard InChI is InChI=1S/C20H16N8OS/c21-7-14-9-25-19(22)27-17(14)28-3-4-29-16-2-1-11(5-13(16)10-28)12-6-15-18(24-8-12)30-20(23)26-15/h1-2,5-6,8-9H,3-4,10H2,(H2,23,26)(H2,22,25,27). The molecule has 9 nitrogen and oxygen atoms in total. The lowest BCUT2D eigenvalue weighted by molar-refractivity contribution is 0.331. The second kappa shape index (κ2) is 7.13. The van der Waals surface area contributed by atoms with Crippen LogP contribution in [0, 0.1) is 11.3 Å². The first-order chi connectivity index (χ1) is 14.6. The summed E-state index contributed by atoms with van der Waals surface area (Å²) in [5.74, 6) is 1.44. The zero-order valence-corrected chi connectivity index (χ0v) is 16.6. The van der Waals surface area contributed by atoms with Gasteiger partial charge in [0.05, 0.1) is 12.7 Å². The van der Waals surface area contributed by atoms with Gasteiger partial charge in [0, 0.05) is 23.9 Å². The molecule has 0 radical (unpaired) electrons. The largest absolute Gasteiger partial charge is 0.491 e. The lowest BCUT2D eigenvalue weighted by Crippen LogP contribution is -2.27. The number of rotatable bonds is 2. The van der Waals surface area contributed by atoms with E-state index in [0.717, 1.165) is 32.8 Å². The van der Waals surface area contributed by atoms with Crippen molar-refractivity contribution in [2.24, 2.45) is 0 Å². The normalized spacial score (nSPS) is 13.4. The molecule has 1 aliphatic rings. The van der Waals surface area contributed by atoms with Gasteiger partial charge in [-0.15, -0.1) is 0 Å². The molecule has 4 N–H and O–H groups in total. The lowest BCUT2D eigenvalue weighted by Gasteiger charge is -2.22. The number of pyridine rings is 1. The molecule has 0 fully saturated rings. The third-order valence-electron chi connectivity index (χ3n) is 4.85. The van der Waals surface area contributed by atoms with Gasteiger partial charge in [0.25, 0.3) is 0 Å². The highest BCUT2D eigenvalue weighted by atomic mass is 32.1. The maximum absolute atomic E-state index is 9.44. The van der Waals surface area contributed by atoms with E-state index >= 15 is 0 Å². The Morgan fingerprint density at radius 3 is 2.87 bits per heavy atom. The van der Waals surface area contributed by atoms with Crippen LogP contribution in [0.15, 0.2) is 36.7 Å². The Hall–Kier alpha value is -3.97. The summed E-state index contributed by atoms with van der Waals surface area (Å²) >= 11 is 1.36. The van der Waals surface area contributed by atoms with Crippen molar-refractivity contribution >= 4 is 38.6 Å². The minimum Gasteiger partial charge on any atom is -0.491 e. The van der Waals surface area contributed by atoms with Crippen LogP contribution in [0.3, 0.4) is 0 Å². The summed E-state index contributed by atoms with van der Waals surface area (Å²) in [5, 5.41) is 9.94. The van der Waals surface area contributed by atoms with Crippen molar-refractivity contribution in [2.75, 3.05) is 29.5 Å². The molecule has 1 aliphatic heterocycles. The van der Waals surface area contributed by atoms with Gasteiger partial charge in [0.1, 0.15) is 34.3 Å². The van der Waals surface area contributed by atoms with Gasteiger partial charge in [0.15, 0.2) is 10.9 Å². The first-order valence-corrected chi connectivity index (χ1v) is 9.98. The molecule has 3 aromatic heterocycles. The van der Waals surface area contributed by atoms with Gasteiger partial charge < -0.3 is 21.1 Å². The quantitative estimate of drug-likeness (QED) is 0.504. The summed E-state index contributed by atoms with van der Waals surface area (Å²) < 4.78 is 5.93. The number of fused-ring (bicyclic) bond motifs is 2. The topological polar surface area (TPSA) is 140 Å². The molecule has 0 bridgehead atoms. The van der Waals surface area contributed by atoms with E-state index in [1.165, 1.54) is 17.5 Å². The number of nitrogen functional groups attached to an aromatic ring is 2. The van der Waals surface area contributed by atoms with Crippen LogP contribution in [-0.2, 0) is 6.54 Å². The zero-order chi connectivity index (χ0) is 20.7. The second-order valence-corrected chi connectivity index (χ2v) is 7.78. The van der Waals surface area contributed by atoms with Crippen LogP contribution in [0.2, 0.25) is 0 Å². The monoisotopic (exact) mass is 416 g/mol. The molecule has 0 amide bonds. The molecule has 4 aromatic rings. The fraction of sp³-hybridized carbons (Fsp3) is 0.150. The van der Waals surface area contributed by atoms with Crippen LogP contribution in [0.5, 0.6) is 5.75 Å². The summed E-state index contributed by atoms with van der Waals surface area (Å²) in [7, 11) is 0. The summed E-state index contributed by atoms with van der Waals surface area (Å²) in [4.78, 5) is 19.8. The molecule has 0 unspecified atom stereocenters. The molecule has 0 saturated heterocycles. The van der Waals surface area contributed by atoms with E-state index in [4.69, 9.17) is 16.2 Å². The molecule has 148 valence electrons. The predicted molar refractivity (Wildman–Crippen MR) is 115 cm³/mol. The average molecular weight is 416 g/mol. The Balaban J connectivity index is 1.53. The average Bonchev–Trinajstić information content (AvgIpc) is 2.99. The highest BCUT2D eigenvalue weighted by molar-refractivity contribution is 7.21. The molecule has 0 atom stereocenters. The first kappa shape index (κ1) is 18.1. The van der Waals surface area contributed by atoms with Crippen molar-refractivity contribution < 1.29 is 4.74 Å². The SMILES string of the molecule is N#Cc1cnc(N)nc1N1CCOc2ccc(-c3cnc4sc(N)nc4c3)cc2C1. The second-order valence-electron chi connectivity index (χ2n) is 6.77. The summed E-state index contributed by atoms with van der Waals surface area (Å²) in [6.45, 7) is 1.56. The van der Waals surface area contributed by atoms with Crippen molar-refractivity contribution in [3.05, 3.63) is 47.8 Å². The Kier molecular flexibility index (Phi) is 4.30. The highest BCUT2D eigenvalue weighted by Crippen LogP contribution is 2.32. The van der Waals surface area contributed by atoms with Gasteiger partial charge in [-0.3, -0.25) is 0 Å². The molecule has 0 saturated carbocycles. The number of nitrogens with zero attached hydrogens (tertiary/aromatic N) is 6. The summed E-state index contributed by atoms with van der Waals surface area (Å²) in [6, 6.07) is 10.1. The minimum absolute atomic E-state index is 0.130. The fourth-order valence-corrected chi connectivity index (χ4v) is 4.12. The third-order valence-corrected chi connectivity index (χ3v) is 5.65. The molecule has 4 heterocycles. The Labute approximate surface area is 175 Å². The van der Waals surface area contributed by atoms with Gasteiger partial charge in [-0.05, 0) is 23.8 Å². The zero-order valence-electron chi connectivity index (χ0n) is 15.7. The van der Waals surface area contributed by atoms with Crippen LogP contribution in [0.25, 0.3) is 21.5 Å². The number of benzene rings is 1. The maximum atomic E-state index is 9.44. The van der Waals surface area contributed by atoms with Crippen LogP contribution in [-0.4, -0.2) is 33.1 Å². The number of aromatic nitrogens is 4. The first-order valence-electron chi connectivity index (χ1n) is 9.16. The van der Waals surface area contributed by atoms with E-state index in [1.807, 2.05) is 29.3 Å². The molecule has 30 heavy (non-hydrogen) atoms. The number of nitrogens with two attached hydrogens (primary N) is 2. The van der Waals surface area contributed by atoms with E-state index in [2.05, 4.69) is 32.1 Å². The van der Waals surface area contributed by atoms with Crippen molar-refractivity contribution in [1.82, 2.24) is 19.9 Å². The van der Waals surface area contributed by atoms with E-state index in [1.54, 1.807) is 0 Å². The van der Waals surface area contributed by atoms with Crippen LogP contribution in [0.4, 0.5) is 16.9 Å². The summed E-state index contributed by atoms with van der Waals surface area (Å²) in [6.07, 6.45) is 3.26. The van der Waals surface area contributed by atoms with Gasteiger partial charge in [0.2, 0.25) is 5.95 Å². The van der Waals surface area contributed by atoms with Crippen LogP contribution in [0.1, 0.15) is 11.1 Å². The molecule has 5 rings (SSSR count). The third kappa shape index (κ3) is 3.21. The number of anilines is 3. The van der Waals surface area contributed by atoms with E-state index in [0.29, 0.717) is 36.2 Å². The lowest BCUT2D eigenvalue weighted by atomic mass is 10.0. The Bertz CT molecular complexity index is 1310. The molecule has 0 aliphatic carbocycles. The molecule has 1 aromatic carbocycles. The Morgan fingerprint density at radius 1 is 1.10 bits per heavy atom. The van der Waals surface area contributed by atoms with Gasteiger partial charge in [-0.2, -0.15) is 10.2 Å². The van der Waals surface area contributed by atoms with Crippen LogP contribution < -0.4 is 21.1 Å². The molecular weight excluding hydrogens is 400 g/mol. The predicted octanol–water partition coefficient (Wildman–Crippen LogP) is 2.58. The van der Waals surface area contributed by atoms with Crippen molar-refractivity contribution in [1.29, 1.82) is 5.26 Å². The Morgan fingerprint density at radius 2 is 2.00 bits per heavy atom.